The average molecular weight is 928 g/mol. The van der Waals surface area contributed by atoms with Gasteiger partial charge in [0.2, 0.25) is 23.6 Å². The van der Waals surface area contributed by atoms with Crippen LogP contribution in [0, 0.1) is 5.82 Å². The minimum Gasteiger partial charge on any atom is -0.491 e. The van der Waals surface area contributed by atoms with Crippen molar-refractivity contribution in [2.45, 2.75) is 55.6 Å². The lowest BCUT2D eigenvalue weighted by molar-refractivity contribution is -0.138. The van der Waals surface area contributed by atoms with E-state index in [1.54, 1.807) is 40.9 Å². The van der Waals surface area contributed by atoms with Gasteiger partial charge < -0.3 is 34.8 Å². The molecule has 4 aliphatic heterocycles. The number of imide groups is 1. The summed E-state index contributed by atoms with van der Waals surface area (Å²) >= 11 is 7.54. The number of ether oxygens (including phenoxy) is 2. The zero-order chi connectivity index (χ0) is 45.5. The van der Waals surface area contributed by atoms with E-state index in [2.05, 4.69) is 42.3 Å². The Kier molecular flexibility index (Phi) is 14.9. The SMILES string of the molecule is C=CC(=O)Nc1cc2c(Nc3ccc(F)c(Cl)c3)ncnc2cc1OCCCN1CCC(N2CCN(C(=O)COCCSc3cccc4c3CN(C3CCC(=O)NC3=O)C4=O)CC2)CC1. The molecule has 65 heavy (non-hydrogen) atoms. The fraction of sp³-hybridized carbons (Fsp3) is 0.413. The second-order valence-electron chi connectivity index (χ2n) is 16.3. The predicted molar refractivity (Wildman–Crippen MR) is 245 cm³/mol. The summed E-state index contributed by atoms with van der Waals surface area (Å²) < 4.78 is 25.8. The Labute approximate surface area is 385 Å². The molecule has 3 fully saturated rings. The highest BCUT2D eigenvalue weighted by molar-refractivity contribution is 7.99. The van der Waals surface area contributed by atoms with Crippen molar-refractivity contribution in [1.29, 1.82) is 0 Å². The van der Waals surface area contributed by atoms with Crippen LogP contribution in [0.5, 0.6) is 5.75 Å². The van der Waals surface area contributed by atoms with Gasteiger partial charge in [0.05, 0.1) is 29.4 Å². The van der Waals surface area contributed by atoms with Gasteiger partial charge in [-0.05, 0) is 86.8 Å². The van der Waals surface area contributed by atoms with Gasteiger partial charge in [-0.15, -0.1) is 11.8 Å². The van der Waals surface area contributed by atoms with Gasteiger partial charge in [0, 0.05) is 85.1 Å². The lowest BCUT2D eigenvalue weighted by Gasteiger charge is -2.42. The molecule has 1 unspecified atom stereocenters. The van der Waals surface area contributed by atoms with Crippen LogP contribution in [0.3, 0.4) is 0 Å². The van der Waals surface area contributed by atoms with Crippen LogP contribution in [0.4, 0.5) is 21.6 Å². The predicted octanol–water partition coefficient (Wildman–Crippen LogP) is 5.24. The zero-order valence-corrected chi connectivity index (χ0v) is 37.4. The Morgan fingerprint density at radius 1 is 1.00 bits per heavy atom. The molecule has 8 rings (SSSR count). The van der Waals surface area contributed by atoms with E-state index >= 15 is 0 Å². The van der Waals surface area contributed by atoms with Crippen molar-refractivity contribution >= 4 is 81.0 Å². The van der Waals surface area contributed by atoms with Crippen LogP contribution in [0.1, 0.15) is 48.0 Å². The number of amides is 5. The Hall–Kier alpha value is -5.66. The van der Waals surface area contributed by atoms with Crippen molar-refractivity contribution in [2.24, 2.45) is 0 Å². The van der Waals surface area contributed by atoms with E-state index in [0.717, 1.165) is 62.4 Å². The lowest BCUT2D eigenvalue weighted by atomic mass is 10.0. The molecule has 3 aromatic carbocycles. The summed E-state index contributed by atoms with van der Waals surface area (Å²) in [5.74, 6) is -0.360. The Bertz CT molecular complexity index is 2470. The molecule has 0 spiro atoms. The molecule has 0 saturated carbocycles. The number of nitrogens with one attached hydrogen (secondary N) is 3. The van der Waals surface area contributed by atoms with E-state index in [1.165, 1.54) is 24.5 Å². The summed E-state index contributed by atoms with van der Waals surface area (Å²) in [6.07, 6.45) is 6.00. The molecule has 0 aliphatic carbocycles. The first-order valence-electron chi connectivity index (χ1n) is 21.8. The Morgan fingerprint density at radius 3 is 2.58 bits per heavy atom. The summed E-state index contributed by atoms with van der Waals surface area (Å²) in [4.78, 5) is 80.7. The maximum atomic E-state index is 13.8. The zero-order valence-electron chi connectivity index (χ0n) is 35.9. The Morgan fingerprint density at radius 2 is 1.82 bits per heavy atom. The van der Waals surface area contributed by atoms with E-state index < -0.39 is 23.7 Å². The molecule has 16 nitrogen and oxygen atoms in total. The van der Waals surface area contributed by atoms with E-state index in [0.29, 0.717) is 90.5 Å². The minimum atomic E-state index is -0.658. The first-order chi connectivity index (χ1) is 31.5. The number of aromatic nitrogens is 2. The number of piperidine rings is 2. The molecule has 342 valence electrons. The molecular weight excluding hydrogens is 877 g/mol. The van der Waals surface area contributed by atoms with E-state index in [1.807, 2.05) is 17.0 Å². The summed E-state index contributed by atoms with van der Waals surface area (Å²) in [5.41, 5.74) is 3.02. The normalized spacial score (nSPS) is 18.4. The van der Waals surface area contributed by atoms with Gasteiger partial charge >= 0.3 is 0 Å². The number of benzene rings is 3. The number of carbonyl (C=O) groups excluding carboxylic acids is 5. The number of fused-ring (bicyclic) bond motifs is 2. The lowest BCUT2D eigenvalue weighted by Crippen LogP contribution is -2.54. The van der Waals surface area contributed by atoms with Crippen molar-refractivity contribution in [2.75, 3.05) is 82.0 Å². The number of rotatable bonds is 17. The number of nitrogens with zero attached hydrogens (tertiary/aromatic N) is 6. The number of hydrogen-bond donors (Lipinski definition) is 3. The van der Waals surface area contributed by atoms with Crippen molar-refractivity contribution in [3.05, 3.63) is 89.5 Å². The molecule has 3 N–H and O–H groups in total. The van der Waals surface area contributed by atoms with Crippen LogP contribution in [0.2, 0.25) is 5.02 Å². The molecule has 19 heteroatoms. The highest BCUT2D eigenvalue weighted by Crippen LogP contribution is 2.36. The van der Waals surface area contributed by atoms with E-state index in [-0.39, 0.29) is 35.8 Å². The number of likely N-dealkylation sites (tertiary alicyclic amines) is 1. The highest BCUT2D eigenvalue weighted by Gasteiger charge is 2.40. The third kappa shape index (κ3) is 11.1. The molecule has 5 amide bonds. The van der Waals surface area contributed by atoms with Gasteiger partial charge in [0.25, 0.3) is 5.91 Å². The van der Waals surface area contributed by atoms with Gasteiger partial charge in [-0.1, -0.05) is 24.2 Å². The molecule has 1 atom stereocenters. The number of carbonyl (C=O) groups is 5. The number of hydrogen-bond acceptors (Lipinski definition) is 13. The highest BCUT2D eigenvalue weighted by atomic mass is 35.5. The van der Waals surface area contributed by atoms with E-state index in [9.17, 15) is 28.4 Å². The molecule has 4 aliphatic rings. The second-order valence-corrected chi connectivity index (χ2v) is 17.9. The summed E-state index contributed by atoms with van der Waals surface area (Å²) in [6.45, 7) is 10.5. The van der Waals surface area contributed by atoms with Crippen molar-refractivity contribution in [1.82, 2.24) is 34.9 Å². The van der Waals surface area contributed by atoms with Crippen molar-refractivity contribution < 1.29 is 37.8 Å². The maximum Gasteiger partial charge on any atom is 0.255 e. The summed E-state index contributed by atoms with van der Waals surface area (Å²) in [5, 5.41) is 8.91. The number of halogens is 2. The topological polar surface area (TPSA) is 179 Å². The minimum absolute atomic E-state index is 0.0145. The fourth-order valence-electron chi connectivity index (χ4n) is 8.76. The van der Waals surface area contributed by atoms with Crippen LogP contribution in [0.25, 0.3) is 10.9 Å². The second kappa shape index (κ2) is 21.1. The summed E-state index contributed by atoms with van der Waals surface area (Å²) in [6, 6.07) is 13.1. The molecule has 0 radical (unpaired) electrons. The smallest absolute Gasteiger partial charge is 0.255 e. The largest absolute Gasteiger partial charge is 0.491 e. The number of thioether (sulfide) groups is 1. The van der Waals surface area contributed by atoms with Gasteiger partial charge in [0.1, 0.15) is 36.4 Å². The van der Waals surface area contributed by atoms with Crippen LogP contribution < -0.4 is 20.7 Å². The molecule has 1 aromatic heterocycles. The maximum absolute atomic E-state index is 13.8. The van der Waals surface area contributed by atoms with Crippen molar-refractivity contribution in [3.8, 4) is 5.75 Å². The van der Waals surface area contributed by atoms with Crippen LogP contribution >= 0.6 is 23.4 Å². The molecule has 4 aromatic rings. The van der Waals surface area contributed by atoms with Crippen LogP contribution in [-0.2, 0) is 30.5 Å². The van der Waals surface area contributed by atoms with E-state index in [4.69, 9.17) is 21.1 Å². The molecular formula is C46H51ClFN9O7S. The molecule has 5 heterocycles. The third-order valence-electron chi connectivity index (χ3n) is 12.2. The first-order valence-corrected chi connectivity index (χ1v) is 23.2. The van der Waals surface area contributed by atoms with Gasteiger partial charge in [0.15, 0.2) is 0 Å². The van der Waals surface area contributed by atoms with Crippen LogP contribution in [0.15, 0.2) is 72.4 Å². The fourth-order valence-corrected chi connectivity index (χ4v) is 9.89. The van der Waals surface area contributed by atoms with Crippen molar-refractivity contribution in [3.63, 3.8) is 0 Å². The number of piperazine rings is 1. The monoisotopic (exact) mass is 927 g/mol. The quantitative estimate of drug-likeness (QED) is 0.0543. The third-order valence-corrected chi connectivity index (χ3v) is 13.6. The Balaban J connectivity index is 0.729. The van der Waals surface area contributed by atoms with Crippen LogP contribution in [-0.4, -0.2) is 143 Å². The summed E-state index contributed by atoms with van der Waals surface area (Å²) in [7, 11) is 0. The standard InChI is InChI=1S/C46H51ClFN9O7S/c1-2-41(58)52-37-24-32-36(49-28-50-44(32)51-29-7-8-35(48)34(47)23-29)25-39(37)64-20-4-13-54-14-11-30(12-15-54)55-16-18-56(19-17-55)43(60)27-63-21-22-65-40-6-3-5-31-33(40)26-57(46(31)62)38-9-10-42(59)53-45(38)61/h2-3,5-8,23-25,28,30,38H,1,4,9-22,26-27H2,(H,52,58)(H,49,50,51)(H,53,59,61). The van der Waals surface area contributed by atoms with Gasteiger partial charge in [-0.2, -0.15) is 0 Å². The molecule has 0 bridgehead atoms. The van der Waals surface area contributed by atoms with Gasteiger partial charge in [-0.25, -0.2) is 14.4 Å². The number of anilines is 3. The first kappa shape index (κ1) is 45.9. The average Bonchev–Trinajstić information content (AvgIpc) is 3.65. The molecule has 3 saturated heterocycles. The van der Waals surface area contributed by atoms with Gasteiger partial charge in [-0.3, -0.25) is 34.2 Å².